The van der Waals surface area contributed by atoms with Crippen molar-refractivity contribution >= 4 is 0 Å². The van der Waals surface area contributed by atoms with E-state index < -0.39 is 0 Å². The van der Waals surface area contributed by atoms with E-state index in [9.17, 15) is 5.11 Å². The van der Waals surface area contributed by atoms with E-state index in [2.05, 4.69) is 13.8 Å². The average molecular weight is 182 g/mol. The van der Waals surface area contributed by atoms with Gasteiger partial charge in [0.15, 0.2) is 0 Å². The molecule has 4 atom stereocenters. The largest absolute Gasteiger partial charge is 0.393 e. The van der Waals surface area contributed by atoms with Crippen molar-refractivity contribution in [1.82, 2.24) is 0 Å². The van der Waals surface area contributed by atoms with Crippen LogP contribution in [0.25, 0.3) is 0 Å². The minimum Gasteiger partial charge on any atom is -0.393 e. The van der Waals surface area contributed by atoms with Gasteiger partial charge < -0.3 is 5.11 Å². The quantitative estimate of drug-likeness (QED) is 0.610. The first-order valence-electron chi connectivity index (χ1n) is 5.83. The van der Waals surface area contributed by atoms with Gasteiger partial charge in [-0.3, -0.25) is 0 Å². The molecule has 1 heteroatoms. The highest BCUT2D eigenvalue weighted by Crippen LogP contribution is 2.55. The smallest absolute Gasteiger partial charge is 0.0545 e. The molecule has 0 aromatic rings. The summed E-state index contributed by atoms with van der Waals surface area (Å²) < 4.78 is 0. The van der Waals surface area contributed by atoms with Crippen LogP contribution in [0.4, 0.5) is 0 Å². The van der Waals surface area contributed by atoms with Crippen LogP contribution in [0.5, 0.6) is 0 Å². The van der Waals surface area contributed by atoms with Gasteiger partial charge in [-0.15, -0.1) is 0 Å². The van der Waals surface area contributed by atoms with Crippen molar-refractivity contribution in [3.8, 4) is 0 Å². The Morgan fingerprint density at radius 3 is 2.23 bits per heavy atom. The molecule has 0 radical (unpaired) electrons. The van der Waals surface area contributed by atoms with Gasteiger partial charge in [-0.2, -0.15) is 0 Å². The van der Waals surface area contributed by atoms with Crippen LogP contribution in [0, 0.1) is 17.3 Å². The van der Waals surface area contributed by atoms with Gasteiger partial charge in [0.25, 0.3) is 0 Å². The van der Waals surface area contributed by atoms with Gasteiger partial charge in [-0.1, -0.05) is 20.3 Å². The summed E-state index contributed by atoms with van der Waals surface area (Å²) >= 11 is 0. The number of aliphatic hydroxyl groups excluding tert-OH is 1. The fourth-order valence-electron chi connectivity index (χ4n) is 3.77. The lowest BCUT2D eigenvalue weighted by molar-refractivity contribution is 0.00276. The second-order valence-electron chi connectivity index (χ2n) is 5.36. The van der Waals surface area contributed by atoms with Gasteiger partial charge in [-0.05, 0) is 49.4 Å². The van der Waals surface area contributed by atoms with E-state index in [1.54, 1.807) is 0 Å². The number of hydrogen-bond acceptors (Lipinski definition) is 1. The van der Waals surface area contributed by atoms with E-state index in [1.807, 2.05) is 0 Å². The van der Waals surface area contributed by atoms with Gasteiger partial charge in [-0.25, -0.2) is 0 Å². The van der Waals surface area contributed by atoms with Crippen LogP contribution >= 0.6 is 0 Å². The molecule has 0 saturated heterocycles. The lowest BCUT2D eigenvalue weighted by Gasteiger charge is -2.43. The zero-order valence-electron chi connectivity index (χ0n) is 8.92. The predicted molar refractivity (Wildman–Crippen MR) is 54.5 cm³/mol. The molecule has 0 aromatic heterocycles. The zero-order valence-corrected chi connectivity index (χ0v) is 8.92. The molecule has 2 aliphatic rings. The van der Waals surface area contributed by atoms with Crippen LogP contribution in [-0.2, 0) is 0 Å². The maximum Gasteiger partial charge on any atom is 0.0545 e. The van der Waals surface area contributed by atoms with Gasteiger partial charge >= 0.3 is 0 Å². The maximum absolute atomic E-state index is 9.77. The molecule has 1 N–H and O–H groups in total. The average Bonchev–Trinajstić information content (AvgIpc) is 2.34. The second-order valence-corrected chi connectivity index (χ2v) is 5.36. The van der Waals surface area contributed by atoms with E-state index in [0.29, 0.717) is 5.41 Å². The molecular formula is C12H22O. The normalized spacial score (nSPS) is 51.5. The standard InChI is InChI=1S/C12H22O/c1-9-5-6-10(2)12(9)7-3-4-11(13)8-12/h9-11,13H,3-8H2,1-2H3/t9-,10+,11-,12?/m0/s1. The minimum absolute atomic E-state index is 0.00301. The van der Waals surface area contributed by atoms with Crippen molar-refractivity contribution in [2.45, 2.75) is 58.5 Å². The molecular weight excluding hydrogens is 160 g/mol. The molecule has 76 valence electrons. The van der Waals surface area contributed by atoms with Gasteiger partial charge in [0.05, 0.1) is 6.10 Å². The molecule has 13 heavy (non-hydrogen) atoms. The molecule has 2 rings (SSSR count). The van der Waals surface area contributed by atoms with Crippen molar-refractivity contribution in [2.75, 3.05) is 0 Å². The highest BCUT2D eigenvalue weighted by molar-refractivity contribution is 4.97. The third kappa shape index (κ3) is 1.41. The van der Waals surface area contributed by atoms with E-state index >= 15 is 0 Å². The zero-order chi connectivity index (χ0) is 9.47. The highest BCUT2D eigenvalue weighted by Gasteiger charge is 2.47. The summed E-state index contributed by atoms with van der Waals surface area (Å²) in [6.45, 7) is 4.78. The van der Waals surface area contributed by atoms with Crippen LogP contribution < -0.4 is 0 Å². The molecule has 0 amide bonds. The second kappa shape index (κ2) is 3.27. The summed E-state index contributed by atoms with van der Waals surface area (Å²) in [5.74, 6) is 1.69. The van der Waals surface area contributed by atoms with Crippen molar-refractivity contribution in [3.05, 3.63) is 0 Å². The Kier molecular flexibility index (Phi) is 2.39. The van der Waals surface area contributed by atoms with E-state index in [0.717, 1.165) is 24.7 Å². The summed E-state index contributed by atoms with van der Waals surface area (Å²) in [5, 5.41) is 9.77. The predicted octanol–water partition coefficient (Wildman–Crippen LogP) is 2.97. The van der Waals surface area contributed by atoms with Crippen LogP contribution in [0.15, 0.2) is 0 Å². The van der Waals surface area contributed by atoms with Crippen molar-refractivity contribution in [1.29, 1.82) is 0 Å². The van der Waals surface area contributed by atoms with Crippen molar-refractivity contribution in [2.24, 2.45) is 17.3 Å². The molecule has 2 aliphatic carbocycles. The monoisotopic (exact) mass is 182 g/mol. The van der Waals surface area contributed by atoms with Crippen LogP contribution in [0.2, 0.25) is 0 Å². The van der Waals surface area contributed by atoms with Gasteiger partial charge in [0, 0.05) is 0 Å². The first-order chi connectivity index (χ1) is 6.15. The SMILES string of the molecule is C[C@@H]1CC[C@H](C)C12CCC[C@H](O)C2. The molecule has 1 nitrogen and oxygen atoms in total. The third-order valence-corrected chi connectivity index (χ3v) is 4.79. The van der Waals surface area contributed by atoms with Crippen molar-refractivity contribution < 1.29 is 5.11 Å². The van der Waals surface area contributed by atoms with Crippen LogP contribution in [-0.4, -0.2) is 11.2 Å². The van der Waals surface area contributed by atoms with E-state index in [-0.39, 0.29) is 6.10 Å². The highest BCUT2D eigenvalue weighted by atomic mass is 16.3. The molecule has 0 heterocycles. The van der Waals surface area contributed by atoms with Crippen molar-refractivity contribution in [3.63, 3.8) is 0 Å². The number of aliphatic hydroxyl groups is 1. The Labute approximate surface area is 81.5 Å². The maximum atomic E-state index is 9.77. The third-order valence-electron chi connectivity index (χ3n) is 4.79. The van der Waals surface area contributed by atoms with E-state index in [1.165, 1.54) is 25.7 Å². The summed E-state index contributed by atoms with van der Waals surface area (Å²) in [6.07, 6.45) is 7.50. The molecule has 0 bridgehead atoms. The van der Waals surface area contributed by atoms with Crippen LogP contribution in [0.3, 0.4) is 0 Å². The fourth-order valence-corrected chi connectivity index (χ4v) is 3.77. The Morgan fingerprint density at radius 2 is 1.69 bits per heavy atom. The Balaban J connectivity index is 2.16. The summed E-state index contributed by atoms with van der Waals surface area (Å²) in [5.41, 5.74) is 0.512. The fraction of sp³-hybridized carbons (Fsp3) is 1.00. The van der Waals surface area contributed by atoms with Crippen LogP contribution in [0.1, 0.15) is 52.4 Å². The Morgan fingerprint density at radius 1 is 1.08 bits per heavy atom. The lowest BCUT2D eigenvalue weighted by atomic mass is 9.63. The molecule has 0 aliphatic heterocycles. The summed E-state index contributed by atoms with van der Waals surface area (Å²) in [6, 6.07) is 0. The lowest BCUT2D eigenvalue weighted by Crippen LogP contribution is -2.37. The Bertz CT molecular complexity index is 178. The summed E-state index contributed by atoms with van der Waals surface area (Å²) in [7, 11) is 0. The first kappa shape index (κ1) is 9.51. The molecule has 1 spiro atoms. The van der Waals surface area contributed by atoms with Gasteiger partial charge in [0.2, 0.25) is 0 Å². The first-order valence-corrected chi connectivity index (χ1v) is 5.83. The van der Waals surface area contributed by atoms with Gasteiger partial charge in [0.1, 0.15) is 0 Å². The number of hydrogen-bond donors (Lipinski definition) is 1. The van der Waals surface area contributed by atoms with E-state index in [4.69, 9.17) is 0 Å². The minimum atomic E-state index is -0.00301. The molecule has 2 saturated carbocycles. The Hall–Kier alpha value is -0.0400. The summed E-state index contributed by atoms with van der Waals surface area (Å²) in [4.78, 5) is 0. The number of rotatable bonds is 0. The molecule has 2 fully saturated rings. The molecule has 0 aromatic carbocycles. The topological polar surface area (TPSA) is 20.2 Å². The molecule has 1 unspecified atom stereocenters.